The highest BCUT2D eigenvalue weighted by Gasteiger charge is 2.49. The number of rotatable bonds is 2. The number of aromatic nitrogens is 2. The fourth-order valence-corrected chi connectivity index (χ4v) is 2.34. The van der Waals surface area contributed by atoms with Crippen LogP contribution in [0.4, 0.5) is 17.6 Å². The minimum Gasteiger partial charge on any atom is -0.263 e. The zero-order chi connectivity index (χ0) is 12.1. The van der Waals surface area contributed by atoms with Crippen LogP contribution in [0.1, 0.15) is 49.6 Å². The van der Waals surface area contributed by atoms with Crippen LogP contribution >= 0.6 is 0 Å². The van der Waals surface area contributed by atoms with Crippen LogP contribution in [0.15, 0.2) is 0 Å². The first-order valence-electron chi connectivity index (χ1n) is 5.15. The van der Waals surface area contributed by atoms with Crippen molar-refractivity contribution in [1.29, 1.82) is 0 Å². The van der Waals surface area contributed by atoms with Crippen LogP contribution in [0.5, 0.6) is 0 Å². The molecule has 0 spiro atoms. The van der Waals surface area contributed by atoms with Crippen molar-refractivity contribution in [2.45, 2.75) is 45.1 Å². The summed E-state index contributed by atoms with van der Waals surface area (Å²) in [6.45, 7) is 3.33. The highest BCUT2D eigenvalue weighted by atomic mass is 19.3. The first kappa shape index (κ1) is 11.4. The molecule has 90 valence electrons. The van der Waals surface area contributed by atoms with Gasteiger partial charge < -0.3 is 0 Å². The highest BCUT2D eigenvalue weighted by Crippen LogP contribution is 2.50. The van der Waals surface area contributed by atoms with Crippen molar-refractivity contribution in [3.8, 4) is 0 Å². The van der Waals surface area contributed by atoms with Crippen LogP contribution in [0.2, 0.25) is 0 Å². The van der Waals surface area contributed by atoms with E-state index in [1.165, 1.54) is 6.92 Å². The average molecular weight is 236 g/mol. The summed E-state index contributed by atoms with van der Waals surface area (Å²) in [4.78, 5) is 0. The summed E-state index contributed by atoms with van der Waals surface area (Å²) < 4.78 is 53.6. The molecule has 0 saturated heterocycles. The molecule has 1 aromatic heterocycles. The fraction of sp³-hybridized carbons (Fsp3) is 0.700. The number of fused-ring (bicyclic) bond motifs is 1. The Morgan fingerprint density at radius 2 is 2.12 bits per heavy atom. The molecule has 16 heavy (non-hydrogen) atoms. The second-order valence-corrected chi connectivity index (χ2v) is 4.07. The highest BCUT2D eigenvalue weighted by molar-refractivity contribution is 5.38. The lowest BCUT2D eigenvalue weighted by Crippen LogP contribution is -2.15. The predicted molar refractivity (Wildman–Crippen MR) is 49.8 cm³/mol. The summed E-state index contributed by atoms with van der Waals surface area (Å²) in [7, 11) is 0. The zero-order valence-electron chi connectivity index (χ0n) is 8.98. The number of hydrogen-bond acceptors (Lipinski definition) is 1. The SMILES string of the molecule is CCn1nc(C(F)F)c2c1C(F)(F)C[C@@H]2C. The largest absolute Gasteiger partial charge is 0.290 e. The van der Waals surface area contributed by atoms with Gasteiger partial charge in [-0.1, -0.05) is 6.92 Å². The van der Waals surface area contributed by atoms with Crippen molar-refractivity contribution in [2.24, 2.45) is 0 Å². The van der Waals surface area contributed by atoms with Gasteiger partial charge in [-0.2, -0.15) is 13.9 Å². The fourth-order valence-electron chi connectivity index (χ4n) is 2.34. The average Bonchev–Trinajstić information content (AvgIpc) is 2.65. The van der Waals surface area contributed by atoms with Crippen LogP contribution in [-0.4, -0.2) is 9.78 Å². The summed E-state index contributed by atoms with van der Waals surface area (Å²) in [5, 5.41) is 3.58. The minimum absolute atomic E-state index is 0.0434. The maximum absolute atomic E-state index is 13.6. The Kier molecular flexibility index (Phi) is 2.47. The standard InChI is InChI=1S/C10H12F4N2/c1-3-16-8-6(7(15-16)9(11)12)5(2)4-10(8,13)14/h5,9H,3-4H2,1-2H3/t5-/m0/s1. The number of halogens is 4. The summed E-state index contributed by atoms with van der Waals surface area (Å²) in [5.41, 5.74) is -0.763. The van der Waals surface area contributed by atoms with E-state index in [0.29, 0.717) is 0 Å². The molecule has 0 N–H and O–H groups in total. The monoisotopic (exact) mass is 236 g/mol. The first-order chi connectivity index (χ1) is 7.38. The molecule has 2 nitrogen and oxygen atoms in total. The van der Waals surface area contributed by atoms with E-state index >= 15 is 0 Å². The molecule has 0 aliphatic heterocycles. The van der Waals surface area contributed by atoms with Gasteiger partial charge >= 0.3 is 0 Å². The Bertz CT molecular complexity index is 411. The van der Waals surface area contributed by atoms with Crippen molar-refractivity contribution >= 4 is 0 Å². The topological polar surface area (TPSA) is 17.8 Å². The van der Waals surface area contributed by atoms with E-state index in [-0.39, 0.29) is 17.8 Å². The van der Waals surface area contributed by atoms with Crippen LogP contribution in [0.3, 0.4) is 0 Å². The van der Waals surface area contributed by atoms with Crippen molar-refractivity contribution in [3.63, 3.8) is 0 Å². The molecule has 0 unspecified atom stereocenters. The lowest BCUT2D eigenvalue weighted by atomic mass is 10.0. The molecule has 1 aromatic rings. The van der Waals surface area contributed by atoms with Gasteiger partial charge in [-0.15, -0.1) is 0 Å². The van der Waals surface area contributed by atoms with Gasteiger partial charge in [-0.25, -0.2) is 8.78 Å². The van der Waals surface area contributed by atoms with Gasteiger partial charge in [0.2, 0.25) is 0 Å². The molecule has 1 atom stereocenters. The van der Waals surface area contributed by atoms with E-state index < -0.39 is 30.4 Å². The van der Waals surface area contributed by atoms with Gasteiger partial charge in [0.05, 0.1) is 0 Å². The molecule has 0 fully saturated rings. The van der Waals surface area contributed by atoms with E-state index in [4.69, 9.17) is 0 Å². The van der Waals surface area contributed by atoms with E-state index in [1.54, 1.807) is 6.92 Å². The summed E-state index contributed by atoms with van der Waals surface area (Å²) >= 11 is 0. The Balaban J connectivity index is 2.65. The molecule has 2 rings (SSSR count). The van der Waals surface area contributed by atoms with Crippen molar-refractivity contribution in [2.75, 3.05) is 0 Å². The number of nitrogens with zero attached hydrogens (tertiary/aromatic N) is 2. The van der Waals surface area contributed by atoms with E-state index in [2.05, 4.69) is 5.10 Å². The smallest absolute Gasteiger partial charge is 0.263 e. The maximum Gasteiger partial charge on any atom is 0.290 e. The molecule has 0 amide bonds. The lowest BCUT2D eigenvalue weighted by Gasteiger charge is -2.12. The lowest BCUT2D eigenvalue weighted by molar-refractivity contribution is -0.0146. The van der Waals surface area contributed by atoms with E-state index in [9.17, 15) is 17.6 Å². The number of hydrogen-bond donors (Lipinski definition) is 0. The molecule has 6 heteroatoms. The van der Waals surface area contributed by atoms with Crippen LogP contribution in [0.25, 0.3) is 0 Å². The summed E-state index contributed by atoms with van der Waals surface area (Å²) in [5.74, 6) is -3.60. The predicted octanol–water partition coefficient (Wildman–Crippen LogP) is 3.44. The Hall–Kier alpha value is -1.07. The quantitative estimate of drug-likeness (QED) is 0.719. The third-order valence-electron chi connectivity index (χ3n) is 2.93. The van der Waals surface area contributed by atoms with E-state index in [1.807, 2.05) is 0 Å². The van der Waals surface area contributed by atoms with Crippen molar-refractivity contribution in [3.05, 3.63) is 17.0 Å². The van der Waals surface area contributed by atoms with Crippen LogP contribution in [-0.2, 0) is 12.5 Å². The molecule has 1 heterocycles. The first-order valence-corrected chi connectivity index (χ1v) is 5.15. The molecular weight excluding hydrogens is 224 g/mol. The van der Waals surface area contributed by atoms with E-state index in [0.717, 1.165) is 4.68 Å². The van der Waals surface area contributed by atoms with Gasteiger partial charge in [0.15, 0.2) is 0 Å². The maximum atomic E-state index is 13.6. The van der Waals surface area contributed by atoms with Gasteiger partial charge in [0.1, 0.15) is 11.4 Å². The molecule has 0 saturated carbocycles. The van der Waals surface area contributed by atoms with Crippen molar-refractivity contribution < 1.29 is 17.6 Å². The number of aryl methyl sites for hydroxylation is 1. The number of alkyl halides is 4. The van der Waals surface area contributed by atoms with Gasteiger partial charge in [-0.05, 0) is 12.8 Å². The van der Waals surface area contributed by atoms with Crippen LogP contribution in [0, 0.1) is 0 Å². The molecule has 0 radical (unpaired) electrons. The van der Waals surface area contributed by atoms with Gasteiger partial charge in [0, 0.05) is 18.5 Å². The van der Waals surface area contributed by atoms with Gasteiger partial charge in [-0.3, -0.25) is 4.68 Å². The minimum atomic E-state index is -3.04. The Morgan fingerprint density at radius 3 is 2.62 bits per heavy atom. The second-order valence-electron chi connectivity index (χ2n) is 4.07. The molecular formula is C10H12F4N2. The Morgan fingerprint density at radius 1 is 1.50 bits per heavy atom. The summed E-state index contributed by atoms with van der Waals surface area (Å²) in [6.07, 6.45) is -3.20. The Labute approximate surface area is 90.2 Å². The second kappa shape index (κ2) is 3.46. The zero-order valence-corrected chi connectivity index (χ0v) is 8.98. The van der Waals surface area contributed by atoms with Crippen LogP contribution < -0.4 is 0 Å². The molecule has 0 aromatic carbocycles. The van der Waals surface area contributed by atoms with Crippen molar-refractivity contribution in [1.82, 2.24) is 9.78 Å². The molecule has 1 aliphatic rings. The molecule has 1 aliphatic carbocycles. The summed E-state index contributed by atoms with van der Waals surface area (Å²) in [6, 6.07) is 0. The third kappa shape index (κ3) is 1.43. The normalized spacial score (nSPS) is 22.8. The third-order valence-corrected chi connectivity index (χ3v) is 2.93. The molecule has 0 bridgehead atoms. The van der Waals surface area contributed by atoms with Gasteiger partial charge in [0.25, 0.3) is 12.3 Å².